The molecule has 0 radical (unpaired) electrons. The molecule has 4 nitrogen and oxygen atoms in total. The van der Waals surface area contributed by atoms with E-state index in [0.29, 0.717) is 11.1 Å². The molecule has 2 N–H and O–H groups in total. The average Bonchev–Trinajstić information content (AvgIpc) is 2.85. The normalized spacial score (nSPS) is 28.4. The van der Waals surface area contributed by atoms with Crippen molar-refractivity contribution >= 4 is 11.6 Å². The van der Waals surface area contributed by atoms with E-state index in [2.05, 4.69) is 0 Å². The van der Waals surface area contributed by atoms with Gasteiger partial charge in [-0.3, -0.25) is 0 Å². The molecule has 1 aromatic rings. The van der Waals surface area contributed by atoms with Crippen molar-refractivity contribution in [3.05, 3.63) is 23.1 Å². The van der Waals surface area contributed by atoms with Crippen LogP contribution in [0.2, 0.25) is 5.22 Å². The molecule has 19 heavy (non-hydrogen) atoms. The van der Waals surface area contributed by atoms with Crippen LogP contribution in [0.25, 0.3) is 0 Å². The van der Waals surface area contributed by atoms with Crippen LogP contribution in [0.1, 0.15) is 37.3 Å². The van der Waals surface area contributed by atoms with Gasteiger partial charge in [-0.15, -0.1) is 0 Å². The third kappa shape index (κ3) is 2.68. The molecule has 5 heteroatoms. The van der Waals surface area contributed by atoms with E-state index in [4.69, 9.17) is 31.2 Å². The Morgan fingerprint density at radius 2 is 2.11 bits per heavy atom. The number of rotatable bonds is 2. The Kier molecular flexibility index (Phi) is 3.85. The Hall–Kier alpha value is -0.550. The average molecular weight is 286 g/mol. The lowest BCUT2D eigenvalue weighted by Gasteiger charge is -2.44. The lowest BCUT2D eigenvalue weighted by atomic mass is 9.77. The summed E-state index contributed by atoms with van der Waals surface area (Å²) in [5, 5.41) is 0.417. The molecule has 3 rings (SSSR count). The van der Waals surface area contributed by atoms with E-state index in [-0.39, 0.29) is 11.6 Å². The van der Waals surface area contributed by atoms with E-state index < -0.39 is 0 Å². The summed E-state index contributed by atoms with van der Waals surface area (Å²) in [6.45, 7) is 2.34. The highest BCUT2D eigenvalue weighted by atomic mass is 35.5. The molecule has 3 heterocycles. The van der Waals surface area contributed by atoms with Crippen LogP contribution < -0.4 is 5.73 Å². The van der Waals surface area contributed by atoms with Crippen molar-refractivity contribution in [2.75, 3.05) is 19.8 Å². The molecule has 0 aromatic carbocycles. The van der Waals surface area contributed by atoms with Gasteiger partial charge in [-0.2, -0.15) is 0 Å². The van der Waals surface area contributed by atoms with Gasteiger partial charge in [-0.1, -0.05) is 0 Å². The number of hydrogen-bond donors (Lipinski definition) is 1. The molecule has 0 saturated carbocycles. The van der Waals surface area contributed by atoms with Crippen molar-refractivity contribution in [1.29, 1.82) is 0 Å². The zero-order valence-electron chi connectivity index (χ0n) is 10.9. The summed E-state index contributed by atoms with van der Waals surface area (Å²) in [6.07, 6.45) is 5.50. The second-order valence-electron chi connectivity index (χ2n) is 5.57. The Morgan fingerprint density at radius 3 is 2.79 bits per heavy atom. The van der Waals surface area contributed by atoms with E-state index in [0.717, 1.165) is 51.1 Å². The third-order valence-corrected chi connectivity index (χ3v) is 4.76. The molecule has 2 unspecified atom stereocenters. The highest BCUT2D eigenvalue weighted by molar-refractivity contribution is 6.29. The summed E-state index contributed by atoms with van der Waals surface area (Å²) in [7, 11) is 0. The van der Waals surface area contributed by atoms with Gasteiger partial charge in [0, 0.05) is 31.4 Å². The maximum atomic E-state index is 6.37. The van der Waals surface area contributed by atoms with Crippen LogP contribution >= 0.6 is 11.6 Å². The van der Waals surface area contributed by atoms with E-state index in [1.165, 1.54) is 0 Å². The van der Waals surface area contributed by atoms with Crippen LogP contribution in [-0.4, -0.2) is 25.4 Å². The van der Waals surface area contributed by atoms with Crippen molar-refractivity contribution in [3.63, 3.8) is 0 Å². The molecule has 0 amide bonds. The van der Waals surface area contributed by atoms with Crippen molar-refractivity contribution in [1.82, 2.24) is 0 Å². The fraction of sp³-hybridized carbons (Fsp3) is 0.714. The zero-order valence-corrected chi connectivity index (χ0v) is 11.7. The van der Waals surface area contributed by atoms with Crippen molar-refractivity contribution in [2.24, 2.45) is 11.7 Å². The Balaban J connectivity index is 1.72. The number of furan rings is 1. The number of halogens is 1. The van der Waals surface area contributed by atoms with Crippen molar-refractivity contribution < 1.29 is 13.9 Å². The molecular weight excluding hydrogens is 266 g/mol. The summed E-state index contributed by atoms with van der Waals surface area (Å²) >= 11 is 6.03. The van der Waals surface area contributed by atoms with Gasteiger partial charge in [0.1, 0.15) is 0 Å². The SMILES string of the molecule is NC(c1ccoc1Cl)C1CCOC2(CCOCC2)C1. The summed E-state index contributed by atoms with van der Waals surface area (Å²) in [6, 6.07) is 1.80. The minimum Gasteiger partial charge on any atom is -0.453 e. The van der Waals surface area contributed by atoms with Crippen molar-refractivity contribution in [3.8, 4) is 0 Å². The van der Waals surface area contributed by atoms with E-state index in [1.54, 1.807) is 6.26 Å². The predicted octanol–water partition coefficient (Wildman–Crippen LogP) is 2.91. The second-order valence-corrected chi connectivity index (χ2v) is 5.92. The maximum Gasteiger partial charge on any atom is 0.197 e. The van der Waals surface area contributed by atoms with Gasteiger partial charge in [-0.25, -0.2) is 0 Å². The van der Waals surface area contributed by atoms with Gasteiger partial charge < -0.3 is 19.6 Å². The quantitative estimate of drug-likeness (QED) is 0.908. The maximum absolute atomic E-state index is 6.37. The predicted molar refractivity (Wildman–Crippen MR) is 72.1 cm³/mol. The largest absolute Gasteiger partial charge is 0.453 e. The van der Waals surface area contributed by atoms with Gasteiger partial charge in [0.25, 0.3) is 0 Å². The van der Waals surface area contributed by atoms with E-state index in [1.807, 2.05) is 6.07 Å². The molecule has 106 valence electrons. The van der Waals surface area contributed by atoms with Gasteiger partial charge in [0.05, 0.1) is 11.9 Å². The van der Waals surface area contributed by atoms with Gasteiger partial charge in [-0.05, 0) is 49.3 Å². The smallest absolute Gasteiger partial charge is 0.197 e. The monoisotopic (exact) mass is 285 g/mol. The Labute approximate surface area is 118 Å². The first-order valence-electron chi connectivity index (χ1n) is 6.90. The van der Waals surface area contributed by atoms with Gasteiger partial charge in [0.15, 0.2) is 5.22 Å². The van der Waals surface area contributed by atoms with Crippen LogP contribution in [0.3, 0.4) is 0 Å². The Bertz CT molecular complexity index is 423. The Morgan fingerprint density at radius 1 is 1.32 bits per heavy atom. The molecule has 0 bridgehead atoms. The van der Waals surface area contributed by atoms with Gasteiger partial charge >= 0.3 is 0 Å². The zero-order chi connectivity index (χ0) is 13.3. The molecule has 2 atom stereocenters. The molecule has 1 aromatic heterocycles. The number of nitrogens with two attached hydrogens (primary N) is 1. The topological polar surface area (TPSA) is 57.6 Å². The summed E-state index contributed by atoms with van der Waals surface area (Å²) in [5.41, 5.74) is 7.25. The first-order valence-corrected chi connectivity index (χ1v) is 7.28. The lowest BCUT2D eigenvalue weighted by molar-refractivity contribution is -0.149. The van der Waals surface area contributed by atoms with Crippen LogP contribution in [0.4, 0.5) is 0 Å². The summed E-state index contributed by atoms with van der Waals surface area (Å²) in [4.78, 5) is 0. The highest BCUT2D eigenvalue weighted by Gasteiger charge is 2.41. The molecular formula is C14H20ClNO3. The number of ether oxygens (including phenoxy) is 2. The minimum atomic E-state index is -0.0742. The molecule has 2 saturated heterocycles. The fourth-order valence-electron chi connectivity index (χ4n) is 3.26. The minimum absolute atomic E-state index is 0.0327. The van der Waals surface area contributed by atoms with Crippen LogP contribution in [-0.2, 0) is 9.47 Å². The molecule has 2 fully saturated rings. The van der Waals surface area contributed by atoms with Crippen LogP contribution in [0, 0.1) is 5.92 Å². The number of hydrogen-bond acceptors (Lipinski definition) is 4. The van der Waals surface area contributed by atoms with Crippen LogP contribution in [0.5, 0.6) is 0 Å². The fourth-order valence-corrected chi connectivity index (χ4v) is 3.50. The molecule has 2 aliphatic heterocycles. The van der Waals surface area contributed by atoms with E-state index >= 15 is 0 Å². The highest BCUT2D eigenvalue weighted by Crippen LogP contribution is 2.42. The second kappa shape index (κ2) is 5.44. The van der Waals surface area contributed by atoms with Crippen molar-refractivity contribution in [2.45, 2.75) is 37.3 Å². The van der Waals surface area contributed by atoms with E-state index in [9.17, 15) is 0 Å². The third-order valence-electron chi connectivity index (χ3n) is 4.45. The van der Waals surface area contributed by atoms with Crippen LogP contribution in [0.15, 0.2) is 16.7 Å². The first-order chi connectivity index (χ1) is 9.20. The summed E-state index contributed by atoms with van der Waals surface area (Å²) < 4.78 is 16.6. The molecule has 2 aliphatic rings. The summed E-state index contributed by atoms with van der Waals surface area (Å²) in [5.74, 6) is 0.391. The molecule has 1 spiro atoms. The lowest BCUT2D eigenvalue weighted by Crippen LogP contribution is -2.46. The first kappa shape index (κ1) is 13.4. The standard InChI is InChI=1S/C14H20ClNO3/c15-13-11(2-5-18-13)12(16)10-1-6-19-14(9-10)3-7-17-8-4-14/h2,5,10,12H,1,3-4,6-9,16H2. The molecule has 0 aliphatic carbocycles. The van der Waals surface area contributed by atoms with Gasteiger partial charge in [0.2, 0.25) is 0 Å².